The van der Waals surface area contributed by atoms with Gasteiger partial charge in [0.15, 0.2) is 0 Å². The normalized spacial score (nSPS) is 11.7. The second-order valence-corrected chi connectivity index (χ2v) is 5.55. The van der Waals surface area contributed by atoms with Gasteiger partial charge < -0.3 is 5.11 Å². The molecular weight excluding hydrogens is 270 g/mol. The number of aliphatic hydroxyl groups is 1. The molecule has 2 nitrogen and oxygen atoms in total. The third-order valence-corrected chi connectivity index (χ3v) is 3.98. The Bertz CT molecular complexity index is 738. The first kappa shape index (κ1) is 14.7. The van der Waals surface area contributed by atoms with Gasteiger partial charge >= 0.3 is 0 Å². The van der Waals surface area contributed by atoms with Crippen LogP contribution < -0.4 is 0 Å². The summed E-state index contributed by atoms with van der Waals surface area (Å²) in [6.07, 6.45) is 4.94. The molecule has 0 radical (unpaired) electrons. The van der Waals surface area contributed by atoms with Gasteiger partial charge in [0.2, 0.25) is 0 Å². The number of hydrogen-bond donors (Lipinski definition) is 1. The van der Waals surface area contributed by atoms with Gasteiger partial charge in [0.1, 0.15) is 0 Å². The van der Waals surface area contributed by atoms with Gasteiger partial charge in [-0.3, -0.25) is 4.99 Å². The van der Waals surface area contributed by atoms with Crippen LogP contribution in [0.1, 0.15) is 24.8 Å². The Morgan fingerprint density at radius 1 is 0.818 bits per heavy atom. The Hall–Kier alpha value is -2.19. The summed E-state index contributed by atoms with van der Waals surface area (Å²) in [4.78, 5) is 4.61. The molecule has 0 unspecified atom stereocenters. The van der Waals surface area contributed by atoms with Crippen molar-refractivity contribution in [3.63, 3.8) is 0 Å². The second-order valence-electron chi connectivity index (χ2n) is 5.55. The van der Waals surface area contributed by atoms with Crippen molar-refractivity contribution in [2.24, 2.45) is 4.99 Å². The molecule has 0 atom stereocenters. The maximum absolute atomic E-state index is 8.80. The number of nitrogens with zero attached hydrogens (tertiary/aromatic N) is 1. The average Bonchev–Trinajstić information content (AvgIpc) is 2.57. The van der Waals surface area contributed by atoms with Gasteiger partial charge in [-0.1, -0.05) is 48.5 Å². The lowest BCUT2D eigenvalue weighted by Gasteiger charge is -2.07. The fourth-order valence-corrected chi connectivity index (χ4v) is 2.84. The Morgan fingerprint density at radius 2 is 1.45 bits per heavy atom. The third-order valence-electron chi connectivity index (χ3n) is 3.98. The van der Waals surface area contributed by atoms with Crippen LogP contribution in [-0.2, 0) is 0 Å². The third kappa shape index (κ3) is 3.18. The van der Waals surface area contributed by atoms with E-state index >= 15 is 0 Å². The summed E-state index contributed by atoms with van der Waals surface area (Å²) < 4.78 is 0. The Kier molecular flexibility index (Phi) is 4.81. The molecule has 0 fully saturated rings. The van der Waals surface area contributed by atoms with E-state index in [2.05, 4.69) is 59.6 Å². The summed E-state index contributed by atoms with van der Waals surface area (Å²) in [5.74, 6) is 0. The minimum absolute atomic E-state index is 0.275. The molecule has 1 N–H and O–H groups in total. The molecule has 3 aromatic rings. The number of hydrogen-bond acceptors (Lipinski definition) is 2. The highest BCUT2D eigenvalue weighted by Gasteiger charge is 2.04. The van der Waals surface area contributed by atoms with Crippen LogP contribution in [0.5, 0.6) is 0 Å². The maximum Gasteiger partial charge on any atom is 0.0431 e. The van der Waals surface area contributed by atoms with Crippen molar-refractivity contribution in [1.82, 2.24) is 0 Å². The predicted molar refractivity (Wildman–Crippen MR) is 94.9 cm³/mol. The van der Waals surface area contributed by atoms with Gasteiger partial charge in [0, 0.05) is 24.9 Å². The van der Waals surface area contributed by atoms with E-state index in [1.807, 2.05) is 6.21 Å². The monoisotopic (exact) mass is 291 g/mol. The standard InChI is InChI=1S/C20H21NO/c22-13-7-1-6-12-21-15-20-18-10-4-2-8-16(18)14-17-9-3-5-11-19(17)20/h2-5,8-11,14-15,22H,1,6-7,12-13H2. The average molecular weight is 291 g/mol. The number of unbranched alkanes of at least 4 members (excludes halogenated alkanes) is 2. The number of aliphatic hydroxyl groups excluding tert-OH is 1. The van der Waals surface area contributed by atoms with Gasteiger partial charge in [0.05, 0.1) is 0 Å². The molecule has 0 bridgehead atoms. The first-order valence-corrected chi connectivity index (χ1v) is 7.91. The van der Waals surface area contributed by atoms with Crippen LogP contribution in [0.2, 0.25) is 0 Å². The largest absolute Gasteiger partial charge is 0.396 e. The summed E-state index contributed by atoms with van der Waals surface area (Å²) in [5.41, 5.74) is 1.20. The van der Waals surface area contributed by atoms with Gasteiger partial charge in [0.25, 0.3) is 0 Å². The number of benzene rings is 3. The van der Waals surface area contributed by atoms with E-state index in [-0.39, 0.29) is 6.61 Å². The predicted octanol–water partition coefficient (Wildman–Crippen LogP) is 4.57. The zero-order valence-electron chi connectivity index (χ0n) is 12.7. The van der Waals surface area contributed by atoms with Crippen molar-refractivity contribution in [2.75, 3.05) is 13.2 Å². The number of aliphatic imine (C=N–C) groups is 1. The highest BCUT2D eigenvalue weighted by molar-refractivity contribution is 6.13. The number of rotatable bonds is 6. The van der Waals surface area contributed by atoms with Crippen LogP contribution in [0.25, 0.3) is 21.5 Å². The molecule has 0 saturated heterocycles. The van der Waals surface area contributed by atoms with Crippen molar-refractivity contribution in [1.29, 1.82) is 0 Å². The van der Waals surface area contributed by atoms with Crippen molar-refractivity contribution in [2.45, 2.75) is 19.3 Å². The molecule has 0 spiro atoms. The van der Waals surface area contributed by atoms with Crippen LogP contribution in [-0.4, -0.2) is 24.5 Å². The molecule has 0 aliphatic heterocycles. The van der Waals surface area contributed by atoms with Crippen molar-refractivity contribution in [3.8, 4) is 0 Å². The molecule has 2 heteroatoms. The van der Waals surface area contributed by atoms with E-state index in [1.54, 1.807) is 0 Å². The maximum atomic E-state index is 8.80. The zero-order chi connectivity index (χ0) is 15.2. The highest BCUT2D eigenvalue weighted by atomic mass is 16.2. The van der Waals surface area contributed by atoms with E-state index < -0.39 is 0 Å². The van der Waals surface area contributed by atoms with Crippen LogP contribution in [0.3, 0.4) is 0 Å². The van der Waals surface area contributed by atoms with Crippen molar-refractivity contribution in [3.05, 3.63) is 60.2 Å². The van der Waals surface area contributed by atoms with Gasteiger partial charge in [-0.15, -0.1) is 0 Å². The van der Waals surface area contributed by atoms with Gasteiger partial charge in [-0.25, -0.2) is 0 Å². The van der Waals surface area contributed by atoms with Crippen LogP contribution in [0, 0.1) is 0 Å². The minimum atomic E-state index is 0.275. The second kappa shape index (κ2) is 7.19. The van der Waals surface area contributed by atoms with E-state index in [0.717, 1.165) is 25.8 Å². The molecule has 0 aliphatic rings. The summed E-state index contributed by atoms with van der Waals surface area (Å²) in [7, 11) is 0. The topological polar surface area (TPSA) is 32.6 Å². The molecular formula is C20H21NO. The summed E-state index contributed by atoms with van der Waals surface area (Å²) >= 11 is 0. The van der Waals surface area contributed by atoms with Crippen LogP contribution in [0.4, 0.5) is 0 Å². The van der Waals surface area contributed by atoms with Gasteiger partial charge in [-0.2, -0.15) is 0 Å². The smallest absolute Gasteiger partial charge is 0.0431 e. The Labute approximate surface area is 131 Å². The molecule has 0 heterocycles. The van der Waals surface area contributed by atoms with E-state index in [9.17, 15) is 0 Å². The minimum Gasteiger partial charge on any atom is -0.396 e. The van der Waals surface area contributed by atoms with Crippen LogP contribution >= 0.6 is 0 Å². The highest BCUT2D eigenvalue weighted by Crippen LogP contribution is 2.27. The molecule has 22 heavy (non-hydrogen) atoms. The van der Waals surface area contributed by atoms with Crippen LogP contribution in [0.15, 0.2) is 59.6 Å². The quantitative estimate of drug-likeness (QED) is 0.402. The Morgan fingerprint density at radius 3 is 2.09 bits per heavy atom. The van der Waals surface area contributed by atoms with Gasteiger partial charge in [-0.05, 0) is 46.9 Å². The molecule has 0 saturated carbocycles. The summed E-state index contributed by atoms with van der Waals surface area (Å²) in [6.45, 7) is 1.09. The molecule has 3 aromatic carbocycles. The summed E-state index contributed by atoms with van der Waals surface area (Å²) in [5, 5.41) is 13.8. The zero-order valence-corrected chi connectivity index (χ0v) is 12.7. The summed E-state index contributed by atoms with van der Waals surface area (Å²) in [6, 6.07) is 19.2. The molecule has 3 rings (SSSR count). The first-order valence-electron chi connectivity index (χ1n) is 7.91. The molecule has 0 aliphatic carbocycles. The lowest BCUT2D eigenvalue weighted by Crippen LogP contribution is -1.91. The molecule has 112 valence electrons. The Balaban J connectivity index is 1.96. The number of fused-ring (bicyclic) bond motifs is 2. The molecule has 0 aromatic heterocycles. The lowest BCUT2D eigenvalue weighted by atomic mass is 9.97. The SMILES string of the molecule is OCCCCCN=Cc1c2ccccc2cc2ccccc12. The van der Waals surface area contributed by atoms with E-state index in [0.29, 0.717) is 0 Å². The first-order chi connectivity index (χ1) is 10.9. The van der Waals surface area contributed by atoms with E-state index in [1.165, 1.54) is 27.1 Å². The van der Waals surface area contributed by atoms with Crippen molar-refractivity contribution < 1.29 is 5.11 Å². The fourth-order valence-electron chi connectivity index (χ4n) is 2.84. The molecule has 0 amide bonds. The van der Waals surface area contributed by atoms with E-state index in [4.69, 9.17) is 5.11 Å². The van der Waals surface area contributed by atoms with Crippen molar-refractivity contribution >= 4 is 27.8 Å². The fraction of sp³-hybridized carbons (Fsp3) is 0.250. The lowest BCUT2D eigenvalue weighted by molar-refractivity contribution is 0.283.